The third-order valence-corrected chi connectivity index (χ3v) is 4.63. The Morgan fingerprint density at radius 1 is 0.917 bits per heavy atom. The summed E-state index contributed by atoms with van der Waals surface area (Å²) in [7, 11) is 0. The van der Waals surface area contributed by atoms with Gasteiger partial charge in [-0.1, -0.05) is 12.1 Å². The van der Waals surface area contributed by atoms with E-state index in [2.05, 4.69) is 67.6 Å². The van der Waals surface area contributed by atoms with Crippen molar-refractivity contribution >= 4 is 11.0 Å². The number of aromatic nitrogens is 2. The molecule has 0 saturated carbocycles. The molecular formula is C21H26N2O. The maximum absolute atomic E-state index is 5.93. The van der Waals surface area contributed by atoms with Crippen molar-refractivity contribution in [3.8, 4) is 5.75 Å². The van der Waals surface area contributed by atoms with Crippen molar-refractivity contribution in [3.05, 3.63) is 58.9 Å². The van der Waals surface area contributed by atoms with Crippen LogP contribution in [0.5, 0.6) is 5.75 Å². The van der Waals surface area contributed by atoms with E-state index in [0.717, 1.165) is 37.3 Å². The first-order chi connectivity index (χ1) is 11.5. The number of hydrogen-bond acceptors (Lipinski definition) is 2. The highest BCUT2D eigenvalue weighted by molar-refractivity contribution is 5.77. The summed E-state index contributed by atoms with van der Waals surface area (Å²) in [6.45, 7) is 10.2. The van der Waals surface area contributed by atoms with E-state index in [1.807, 2.05) is 6.33 Å². The first kappa shape index (κ1) is 16.6. The molecule has 2 aromatic carbocycles. The highest BCUT2D eigenvalue weighted by atomic mass is 16.5. The lowest BCUT2D eigenvalue weighted by Crippen LogP contribution is -2.02. The van der Waals surface area contributed by atoms with Crippen LogP contribution in [0.2, 0.25) is 0 Å². The maximum atomic E-state index is 5.93. The van der Waals surface area contributed by atoms with Gasteiger partial charge in [0.05, 0.1) is 24.0 Å². The number of benzene rings is 2. The molecule has 24 heavy (non-hydrogen) atoms. The zero-order valence-electron chi connectivity index (χ0n) is 15.1. The molecule has 0 radical (unpaired) electrons. The van der Waals surface area contributed by atoms with Gasteiger partial charge >= 0.3 is 0 Å². The Kier molecular flexibility index (Phi) is 4.89. The van der Waals surface area contributed by atoms with Crippen LogP contribution >= 0.6 is 0 Å². The molecule has 1 heterocycles. The van der Waals surface area contributed by atoms with Crippen LogP contribution in [0.4, 0.5) is 0 Å². The molecule has 0 fully saturated rings. The van der Waals surface area contributed by atoms with Crippen molar-refractivity contribution in [2.45, 2.75) is 47.1 Å². The van der Waals surface area contributed by atoms with E-state index in [0.29, 0.717) is 0 Å². The molecule has 0 unspecified atom stereocenters. The monoisotopic (exact) mass is 322 g/mol. The average Bonchev–Trinajstić information content (AvgIpc) is 2.93. The Morgan fingerprint density at radius 2 is 1.71 bits per heavy atom. The van der Waals surface area contributed by atoms with Gasteiger partial charge in [0.2, 0.25) is 0 Å². The molecule has 3 heteroatoms. The van der Waals surface area contributed by atoms with Crippen LogP contribution in [0.1, 0.15) is 35.1 Å². The van der Waals surface area contributed by atoms with Gasteiger partial charge in [0.15, 0.2) is 0 Å². The van der Waals surface area contributed by atoms with Gasteiger partial charge in [-0.15, -0.1) is 0 Å². The molecular weight excluding hydrogens is 296 g/mol. The average molecular weight is 322 g/mol. The molecule has 126 valence electrons. The number of rotatable bonds is 6. The molecule has 3 rings (SSSR count). The number of imidazole rings is 1. The summed E-state index contributed by atoms with van der Waals surface area (Å²) in [6, 6.07) is 10.8. The summed E-state index contributed by atoms with van der Waals surface area (Å²) in [5, 5.41) is 0. The molecule has 0 aliphatic heterocycles. The normalized spacial score (nSPS) is 11.2. The van der Waals surface area contributed by atoms with Gasteiger partial charge in [-0.05, 0) is 81.0 Å². The fraction of sp³-hybridized carbons (Fsp3) is 0.381. The Bertz CT molecular complexity index is 848. The smallest absolute Gasteiger partial charge is 0.122 e. The van der Waals surface area contributed by atoms with Crippen LogP contribution in [-0.2, 0) is 6.54 Å². The van der Waals surface area contributed by atoms with Crippen LogP contribution in [0.15, 0.2) is 36.7 Å². The Labute approximate surface area is 144 Å². The van der Waals surface area contributed by atoms with E-state index >= 15 is 0 Å². The molecule has 0 bridgehead atoms. The lowest BCUT2D eigenvalue weighted by Gasteiger charge is -2.10. The van der Waals surface area contributed by atoms with E-state index < -0.39 is 0 Å². The van der Waals surface area contributed by atoms with E-state index in [4.69, 9.17) is 4.74 Å². The van der Waals surface area contributed by atoms with Crippen molar-refractivity contribution < 1.29 is 4.74 Å². The van der Waals surface area contributed by atoms with E-state index in [9.17, 15) is 0 Å². The molecule has 0 spiro atoms. The molecule has 0 aliphatic carbocycles. The lowest BCUT2D eigenvalue weighted by molar-refractivity contribution is 0.301. The molecule has 0 saturated heterocycles. The molecule has 0 amide bonds. The molecule has 3 aromatic rings. The minimum absolute atomic E-state index is 0.759. The summed E-state index contributed by atoms with van der Waals surface area (Å²) < 4.78 is 8.18. The predicted molar refractivity (Wildman–Crippen MR) is 99.9 cm³/mol. The summed E-state index contributed by atoms with van der Waals surface area (Å²) in [5.74, 6) is 1.01. The highest BCUT2D eigenvalue weighted by Crippen LogP contribution is 2.20. The van der Waals surface area contributed by atoms with Gasteiger partial charge in [-0.2, -0.15) is 0 Å². The summed E-state index contributed by atoms with van der Waals surface area (Å²) >= 11 is 0. The molecule has 1 aromatic heterocycles. The fourth-order valence-corrected chi connectivity index (χ4v) is 2.92. The van der Waals surface area contributed by atoms with E-state index in [1.54, 1.807) is 0 Å². The minimum Gasteiger partial charge on any atom is -0.493 e. The molecule has 3 nitrogen and oxygen atoms in total. The van der Waals surface area contributed by atoms with Gasteiger partial charge < -0.3 is 9.30 Å². The molecule has 0 aliphatic rings. The van der Waals surface area contributed by atoms with E-state index in [-0.39, 0.29) is 0 Å². The second kappa shape index (κ2) is 7.08. The van der Waals surface area contributed by atoms with Crippen LogP contribution in [0.3, 0.4) is 0 Å². The lowest BCUT2D eigenvalue weighted by atomic mass is 10.1. The SMILES string of the molecule is Cc1ccc(C)c(OCCCCn2cnc3cc(C)c(C)cc32)c1. The summed E-state index contributed by atoms with van der Waals surface area (Å²) in [5.41, 5.74) is 7.38. The van der Waals surface area contributed by atoms with Gasteiger partial charge in [-0.25, -0.2) is 4.98 Å². The summed E-state index contributed by atoms with van der Waals surface area (Å²) in [6.07, 6.45) is 4.08. The van der Waals surface area contributed by atoms with Crippen molar-refractivity contribution in [1.82, 2.24) is 9.55 Å². The number of aryl methyl sites for hydroxylation is 5. The zero-order chi connectivity index (χ0) is 17.1. The van der Waals surface area contributed by atoms with Gasteiger partial charge in [0.25, 0.3) is 0 Å². The number of nitrogens with zero attached hydrogens (tertiary/aromatic N) is 2. The third-order valence-electron chi connectivity index (χ3n) is 4.63. The quantitative estimate of drug-likeness (QED) is 0.588. The Hall–Kier alpha value is -2.29. The number of fused-ring (bicyclic) bond motifs is 1. The van der Waals surface area contributed by atoms with E-state index in [1.165, 1.54) is 27.8 Å². The van der Waals surface area contributed by atoms with Gasteiger partial charge in [-0.3, -0.25) is 0 Å². The van der Waals surface area contributed by atoms with Crippen LogP contribution < -0.4 is 4.74 Å². The topological polar surface area (TPSA) is 27.1 Å². The first-order valence-electron chi connectivity index (χ1n) is 8.67. The van der Waals surface area contributed by atoms with Gasteiger partial charge in [0, 0.05) is 6.54 Å². The third kappa shape index (κ3) is 3.61. The van der Waals surface area contributed by atoms with Crippen molar-refractivity contribution in [2.75, 3.05) is 6.61 Å². The second-order valence-electron chi connectivity index (χ2n) is 6.69. The van der Waals surface area contributed by atoms with Crippen molar-refractivity contribution in [1.29, 1.82) is 0 Å². The van der Waals surface area contributed by atoms with Crippen LogP contribution in [-0.4, -0.2) is 16.2 Å². The molecule has 0 N–H and O–H groups in total. The number of ether oxygens (including phenoxy) is 1. The van der Waals surface area contributed by atoms with Crippen molar-refractivity contribution in [3.63, 3.8) is 0 Å². The van der Waals surface area contributed by atoms with Crippen LogP contribution in [0, 0.1) is 27.7 Å². The molecule has 0 atom stereocenters. The zero-order valence-corrected chi connectivity index (χ0v) is 15.1. The summed E-state index contributed by atoms with van der Waals surface area (Å²) in [4.78, 5) is 4.52. The first-order valence-corrected chi connectivity index (χ1v) is 8.67. The number of unbranched alkanes of at least 4 members (excludes halogenated alkanes) is 1. The fourth-order valence-electron chi connectivity index (χ4n) is 2.92. The highest BCUT2D eigenvalue weighted by Gasteiger charge is 2.05. The van der Waals surface area contributed by atoms with Crippen molar-refractivity contribution in [2.24, 2.45) is 0 Å². The maximum Gasteiger partial charge on any atom is 0.122 e. The standard InChI is InChI=1S/C21H26N2O/c1-15-7-8-16(2)21(11-15)24-10-6-5-9-23-14-22-19-12-17(3)18(4)13-20(19)23/h7-8,11-14H,5-6,9-10H2,1-4H3. The minimum atomic E-state index is 0.759. The largest absolute Gasteiger partial charge is 0.493 e. The number of hydrogen-bond donors (Lipinski definition) is 0. The Morgan fingerprint density at radius 3 is 2.54 bits per heavy atom. The van der Waals surface area contributed by atoms with Gasteiger partial charge in [0.1, 0.15) is 5.75 Å². The predicted octanol–water partition coefficient (Wildman–Crippen LogP) is 5.13. The Balaban J connectivity index is 1.54. The second-order valence-corrected chi connectivity index (χ2v) is 6.69. The van der Waals surface area contributed by atoms with Crippen LogP contribution in [0.25, 0.3) is 11.0 Å².